The third-order valence-corrected chi connectivity index (χ3v) is 2.40. The Bertz CT molecular complexity index is 624. The average molecular weight is 258 g/mol. The van der Waals surface area contributed by atoms with E-state index in [2.05, 4.69) is 5.10 Å². The summed E-state index contributed by atoms with van der Waals surface area (Å²) in [7, 11) is 1.40. The van der Waals surface area contributed by atoms with E-state index in [1.54, 1.807) is 0 Å². The number of benzene rings is 1. The lowest BCUT2D eigenvalue weighted by atomic mass is 10.2. The van der Waals surface area contributed by atoms with E-state index in [0.29, 0.717) is 0 Å². The molecule has 0 atom stereocenters. The molecule has 1 aromatic carbocycles. The first kappa shape index (κ1) is 12.2. The van der Waals surface area contributed by atoms with Crippen LogP contribution < -0.4 is 11.4 Å². The summed E-state index contributed by atoms with van der Waals surface area (Å²) in [6.45, 7) is 0. The van der Waals surface area contributed by atoms with Gasteiger partial charge < -0.3 is 5.73 Å². The molecular formula is C10H9F3N4O. The summed E-state index contributed by atoms with van der Waals surface area (Å²) in [5.74, 6) is -0.0812. The lowest BCUT2D eigenvalue weighted by Gasteiger charge is -2.07. The van der Waals surface area contributed by atoms with E-state index >= 15 is 0 Å². The minimum atomic E-state index is -4.41. The number of nitrogens with zero attached hydrogens (tertiary/aromatic N) is 3. The normalized spacial score (nSPS) is 11.8. The van der Waals surface area contributed by atoms with Crippen molar-refractivity contribution >= 4 is 5.95 Å². The number of halogens is 3. The van der Waals surface area contributed by atoms with Crippen molar-refractivity contribution in [2.45, 2.75) is 6.18 Å². The van der Waals surface area contributed by atoms with Crippen molar-refractivity contribution in [2.75, 3.05) is 5.73 Å². The van der Waals surface area contributed by atoms with Gasteiger partial charge in [-0.25, -0.2) is 14.0 Å². The molecule has 0 aliphatic rings. The van der Waals surface area contributed by atoms with Crippen molar-refractivity contribution in [1.82, 2.24) is 14.3 Å². The van der Waals surface area contributed by atoms with Crippen LogP contribution in [0.3, 0.4) is 0 Å². The van der Waals surface area contributed by atoms with E-state index < -0.39 is 17.4 Å². The van der Waals surface area contributed by atoms with E-state index in [9.17, 15) is 18.0 Å². The fourth-order valence-electron chi connectivity index (χ4n) is 1.53. The second-order valence-corrected chi connectivity index (χ2v) is 3.64. The zero-order valence-corrected chi connectivity index (χ0v) is 9.27. The number of aryl methyl sites for hydroxylation is 1. The highest BCUT2D eigenvalue weighted by molar-refractivity contribution is 5.40. The van der Waals surface area contributed by atoms with Gasteiger partial charge in [0.2, 0.25) is 5.95 Å². The number of nitrogens with two attached hydrogens (primary N) is 1. The van der Waals surface area contributed by atoms with Gasteiger partial charge in [-0.1, -0.05) is 0 Å². The van der Waals surface area contributed by atoms with Crippen LogP contribution in [0.1, 0.15) is 5.56 Å². The largest absolute Gasteiger partial charge is 0.416 e. The van der Waals surface area contributed by atoms with Gasteiger partial charge in [0.05, 0.1) is 11.3 Å². The predicted molar refractivity (Wildman–Crippen MR) is 58.2 cm³/mol. The maximum atomic E-state index is 12.4. The van der Waals surface area contributed by atoms with E-state index in [4.69, 9.17) is 5.73 Å². The molecule has 1 aromatic heterocycles. The van der Waals surface area contributed by atoms with Crippen LogP contribution in [0.2, 0.25) is 0 Å². The third kappa shape index (κ3) is 1.96. The van der Waals surface area contributed by atoms with Crippen LogP contribution in [0, 0.1) is 0 Å². The quantitative estimate of drug-likeness (QED) is 0.835. The van der Waals surface area contributed by atoms with Crippen molar-refractivity contribution in [3.05, 3.63) is 40.3 Å². The van der Waals surface area contributed by atoms with Crippen molar-refractivity contribution < 1.29 is 13.2 Å². The fraction of sp³-hybridized carbons (Fsp3) is 0.200. The molecule has 5 nitrogen and oxygen atoms in total. The van der Waals surface area contributed by atoms with Gasteiger partial charge in [0.25, 0.3) is 0 Å². The van der Waals surface area contributed by atoms with Gasteiger partial charge in [0, 0.05) is 7.05 Å². The van der Waals surface area contributed by atoms with Gasteiger partial charge in [-0.15, -0.1) is 5.10 Å². The van der Waals surface area contributed by atoms with Gasteiger partial charge in [0.1, 0.15) is 0 Å². The maximum absolute atomic E-state index is 12.4. The van der Waals surface area contributed by atoms with Gasteiger partial charge in [0.15, 0.2) is 0 Å². The summed E-state index contributed by atoms with van der Waals surface area (Å²) < 4.78 is 39.2. The van der Waals surface area contributed by atoms with Crippen LogP contribution in [0.4, 0.5) is 19.1 Å². The molecule has 0 amide bonds. The van der Waals surface area contributed by atoms with Crippen molar-refractivity contribution in [3.8, 4) is 5.69 Å². The van der Waals surface area contributed by atoms with Gasteiger partial charge in [-0.05, 0) is 24.3 Å². The lowest BCUT2D eigenvalue weighted by Crippen LogP contribution is -2.22. The summed E-state index contributed by atoms with van der Waals surface area (Å²) in [5.41, 5.74) is 4.43. The molecule has 0 unspecified atom stereocenters. The lowest BCUT2D eigenvalue weighted by molar-refractivity contribution is -0.137. The van der Waals surface area contributed by atoms with Crippen LogP contribution >= 0.6 is 0 Å². The van der Waals surface area contributed by atoms with Crippen LogP contribution in [0.15, 0.2) is 29.1 Å². The molecule has 0 fully saturated rings. The molecule has 2 aromatic rings. The minimum absolute atomic E-state index is 0.0812. The first-order valence-electron chi connectivity index (χ1n) is 4.90. The predicted octanol–water partition coefficient (Wildman–Crippen LogP) is 1.17. The Kier molecular flexibility index (Phi) is 2.64. The molecule has 0 aliphatic carbocycles. The molecule has 2 N–H and O–H groups in total. The van der Waals surface area contributed by atoms with Crippen molar-refractivity contribution in [2.24, 2.45) is 7.05 Å². The number of alkyl halides is 3. The van der Waals surface area contributed by atoms with Crippen LogP contribution in [-0.4, -0.2) is 14.3 Å². The molecule has 1 heterocycles. The molecule has 2 rings (SSSR count). The Morgan fingerprint density at radius 1 is 1.22 bits per heavy atom. The number of rotatable bonds is 1. The molecule has 0 bridgehead atoms. The Hall–Kier alpha value is -2.25. The van der Waals surface area contributed by atoms with E-state index in [1.165, 1.54) is 19.2 Å². The van der Waals surface area contributed by atoms with Gasteiger partial charge >= 0.3 is 11.9 Å². The number of hydrogen-bond donors (Lipinski definition) is 1. The molecule has 0 spiro atoms. The Balaban J connectivity index is 2.50. The molecule has 18 heavy (non-hydrogen) atoms. The minimum Gasteiger partial charge on any atom is -0.368 e. The molecule has 8 heteroatoms. The topological polar surface area (TPSA) is 65.8 Å². The average Bonchev–Trinajstić information content (AvgIpc) is 2.52. The molecule has 96 valence electrons. The Morgan fingerprint density at radius 2 is 1.78 bits per heavy atom. The summed E-state index contributed by atoms with van der Waals surface area (Å²) in [4.78, 5) is 11.6. The smallest absolute Gasteiger partial charge is 0.368 e. The van der Waals surface area contributed by atoms with E-state index in [1.807, 2.05) is 0 Å². The van der Waals surface area contributed by atoms with Crippen molar-refractivity contribution in [3.63, 3.8) is 0 Å². The molecule has 0 radical (unpaired) electrons. The van der Waals surface area contributed by atoms with Crippen LogP contribution in [0.25, 0.3) is 5.69 Å². The highest BCUT2D eigenvalue weighted by Gasteiger charge is 2.30. The standard InChI is InChI=1S/C10H9F3N4O/c1-16-9(18)17(8(14)15-16)7-4-2-6(3-5-7)10(11,12)13/h2-5H,1H3,(H2,14,15). The zero-order valence-electron chi connectivity index (χ0n) is 9.27. The third-order valence-electron chi connectivity index (χ3n) is 2.40. The maximum Gasteiger partial charge on any atom is 0.416 e. The van der Waals surface area contributed by atoms with Crippen molar-refractivity contribution in [1.29, 1.82) is 0 Å². The first-order chi connectivity index (χ1) is 8.30. The van der Waals surface area contributed by atoms with Crippen LogP contribution in [-0.2, 0) is 13.2 Å². The number of hydrogen-bond acceptors (Lipinski definition) is 3. The first-order valence-corrected chi connectivity index (χ1v) is 4.90. The fourth-order valence-corrected chi connectivity index (χ4v) is 1.53. The van der Waals surface area contributed by atoms with Gasteiger partial charge in [-0.3, -0.25) is 0 Å². The SMILES string of the molecule is Cn1nc(N)n(-c2ccc(C(F)(F)F)cc2)c1=O. The Labute approximate surface area is 99.3 Å². The number of aromatic nitrogens is 3. The molecule has 0 aliphatic heterocycles. The second-order valence-electron chi connectivity index (χ2n) is 3.64. The second kappa shape index (κ2) is 3.90. The molecule has 0 saturated heterocycles. The summed E-state index contributed by atoms with van der Waals surface area (Å²) in [6, 6.07) is 4.10. The van der Waals surface area contributed by atoms with Gasteiger partial charge in [-0.2, -0.15) is 13.2 Å². The monoisotopic (exact) mass is 258 g/mol. The summed E-state index contributed by atoms with van der Waals surface area (Å²) in [6.07, 6.45) is -4.41. The summed E-state index contributed by atoms with van der Waals surface area (Å²) >= 11 is 0. The van der Waals surface area contributed by atoms with Crippen LogP contribution in [0.5, 0.6) is 0 Å². The molecule has 0 saturated carbocycles. The van der Waals surface area contributed by atoms with E-state index in [-0.39, 0.29) is 11.6 Å². The Morgan fingerprint density at radius 3 is 2.17 bits per heavy atom. The highest BCUT2D eigenvalue weighted by atomic mass is 19.4. The summed E-state index contributed by atoms with van der Waals surface area (Å²) in [5, 5.41) is 3.68. The molecular weight excluding hydrogens is 249 g/mol. The number of anilines is 1. The number of nitrogen functional groups attached to an aromatic ring is 1. The van der Waals surface area contributed by atoms with E-state index in [0.717, 1.165) is 21.4 Å². The zero-order chi connectivity index (χ0) is 13.5. The highest BCUT2D eigenvalue weighted by Crippen LogP contribution is 2.29.